The largest absolute Gasteiger partial charge is 0.324 e. The van der Waals surface area contributed by atoms with Gasteiger partial charge in [0.25, 0.3) is 0 Å². The summed E-state index contributed by atoms with van der Waals surface area (Å²) in [6.07, 6.45) is 12.4. The summed E-state index contributed by atoms with van der Waals surface area (Å²) in [5.41, 5.74) is 1.40. The Bertz CT molecular complexity index is 311. The molecule has 0 saturated carbocycles. The van der Waals surface area contributed by atoms with E-state index < -0.39 is 0 Å². The quantitative estimate of drug-likeness (QED) is 0.221. The molecule has 1 heteroatoms. The Morgan fingerprint density at radius 3 is 1.00 bits per heavy atom. The lowest BCUT2D eigenvalue weighted by atomic mass is 9.88. The molecule has 0 aliphatic heterocycles. The number of hydrogen-bond acceptors (Lipinski definition) is 0. The molecule has 0 aromatic heterocycles. The standard InChI is InChI=1S/C26H56N/c1-11-12-13-20-27(21-14-17-24(2,3)4,22-15-18-25(5,6)7)23-16-19-26(8,9)10/h11-23H2,1-10H3/q+1. The number of hydrogen-bond donors (Lipinski definition) is 0. The van der Waals surface area contributed by atoms with Crippen molar-refractivity contribution in [1.29, 1.82) is 0 Å². The second kappa shape index (κ2) is 11.8. The van der Waals surface area contributed by atoms with Crippen LogP contribution in [0.2, 0.25) is 0 Å². The van der Waals surface area contributed by atoms with E-state index in [1.54, 1.807) is 0 Å². The molecule has 0 aromatic rings. The molecule has 164 valence electrons. The predicted molar refractivity (Wildman–Crippen MR) is 125 cm³/mol. The average molecular weight is 383 g/mol. The van der Waals surface area contributed by atoms with Gasteiger partial charge in [-0.1, -0.05) is 75.7 Å². The monoisotopic (exact) mass is 382 g/mol. The fraction of sp³-hybridized carbons (Fsp3) is 1.00. The normalized spacial score (nSPS) is 14.0. The topological polar surface area (TPSA) is 0 Å². The average Bonchev–Trinajstić information content (AvgIpc) is 2.43. The molecule has 0 rings (SSSR count). The van der Waals surface area contributed by atoms with Crippen molar-refractivity contribution in [3.8, 4) is 0 Å². The maximum absolute atomic E-state index is 2.40. The molecule has 0 bridgehead atoms. The first-order valence-electron chi connectivity index (χ1n) is 12.0. The molecule has 0 saturated heterocycles. The van der Waals surface area contributed by atoms with Crippen molar-refractivity contribution in [2.75, 3.05) is 26.2 Å². The number of unbranched alkanes of at least 4 members (excludes halogenated alkanes) is 2. The van der Waals surface area contributed by atoms with E-state index in [1.807, 2.05) is 0 Å². The first-order chi connectivity index (χ1) is 12.2. The van der Waals surface area contributed by atoms with Crippen LogP contribution in [0.3, 0.4) is 0 Å². The summed E-state index contributed by atoms with van der Waals surface area (Å²) in [5.74, 6) is 0. The van der Waals surface area contributed by atoms with E-state index in [4.69, 9.17) is 0 Å². The van der Waals surface area contributed by atoms with Crippen LogP contribution in [0.25, 0.3) is 0 Å². The summed E-state index contributed by atoms with van der Waals surface area (Å²) in [6.45, 7) is 29.6. The lowest BCUT2D eigenvalue weighted by Crippen LogP contribution is -2.51. The first-order valence-corrected chi connectivity index (χ1v) is 12.0. The zero-order valence-corrected chi connectivity index (χ0v) is 21.1. The van der Waals surface area contributed by atoms with Gasteiger partial charge in [0.2, 0.25) is 0 Å². The van der Waals surface area contributed by atoms with Gasteiger partial charge in [0.15, 0.2) is 0 Å². The van der Waals surface area contributed by atoms with Crippen LogP contribution in [-0.2, 0) is 0 Å². The Morgan fingerprint density at radius 1 is 0.444 bits per heavy atom. The summed E-state index contributed by atoms with van der Waals surface area (Å²) < 4.78 is 1.39. The van der Waals surface area contributed by atoms with Gasteiger partial charge in [-0.25, -0.2) is 0 Å². The van der Waals surface area contributed by atoms with E-state index in [9.17, 15) is 0 Å². The molecule has 0 unspecified atom stereocenters. The van der Waals surface area contributed by atoms with Crippen molar-refractivity contribution >= 4 is 0 Å². The molecule has 0 aromatic carbocycles. The van der Waals surface area contributed by atoms with Crippen molar-refractivity contribution in [3.05, 3.63) is 0 Å². The van der Waals surface area contributed by atoms with Crippen LogP contribution < -0.4 is 0 Å². The fourth-order valence-electron chi connectivity index (χ4n) is 4.20. The summed E-state index contributed by atoms with van der Waals surface area (Å²) in [5, 5.41) is 0. The van der Waals surface area contributed by atoms with Crippen molar-refractivity contribution in [3.63, 3.8) is 0 Å². The van der Waals surface area contributed by atoms with E-state index in [2.05, 4.69) is 69.2 Å². The van der Waals surface area contributed by atoms with Crippen molar-refractivity contribution in [1.82, 2.24) is 0 Å². The van der Waals surface area contributed by atoms with Gasteiger partial charge in [-0.2, -0.15) is 0 Å². The smallest absolute Gasteiger partial charge is 0.0786 e. The van der Waals surface area contributed by atoms with Crippen LogP contribution >= 0.6 is 0 Å². The van der Waals surface area contributed by atoms with Gasteiger partial charge in [-0.05, 0) is 67.6 Å². The molecule has 0 atom stereocenters. The molecule has 0 spiro atoms. The molecule has 0 aliphatic rings. The van der Waals surface area contributed by atoms with Crippen molar-refractivity contribution in [2.45, 2.75) is 127 Å². The third-order valence-electron chi connectivity index (χ3n) is 5.91. The molecule has 0 radical (unpaired) electrons. The van der Waals surface area contributed by atoms with Crippen LogP contribution in [0.5, 0.6) is 0 Å². The van der Waals surface area contributed by atoms with Crippen molar-refractivity contribution < 1.29 is 4.48 Å². The van der Waals surface area contributed by atoms with Gasteiger partial charge in [-0.15, -0.1) is 0 Å². The lowest BCUT2D eigenvalue weighted by Gasteiger charge is -2.41. The molecule has 0 N–H and O–H groups in total. The van der Waals surface area contributed by atoms with Crippen molar-refractivity contribution in [2.24, 2.45) is 16.2 Å². The Balaban J connectivity index is 5.07. The number of nitrogens with zero attached hydrogens (tertiary/aromatic N) is 1. The van der Waals surface area contributed by atoms with E-state index in [0.717, 1.165) is 0 Å². The summed E-state index contributed by atoms with van der Waals surface area (Å²) >= 11 is 0. The maximum atomic E-state index is 2.40. The van der Waals surface area contributed by atoms with Crippen LogP contribution in [0.4, 0.5) is 0 Å². The highest BCUT2D eigenvalue weighted by Gasteiger charge is 2.28. The highest BCUT2D eigenvalue weighted by molar-refractivity contribution is 4.65. The van der Waals surface area contributed by atoms with Gasteiger partial charge in [0, 0.05) is 0 Å². The Morgan fingerprint density at radius 2 is 0.741 bits per heavy atom. The minimum atomic E-state index is 0.468. The van der Waals surface area contributed by atoms with Crippen LogP contribution in [0.1, 0.15) is 127 Å². The minimum absolute atomic E-state index is 0.468. The maximum Gasteiger partial charge on any atom is 0.0786 e. The molecule has 0 aliphatic carbocycles. The van der Waals surface area contributed by atoms with Crippen LogP contribution in [0, 0.1) is 16.2 Å². The Hall–Kier alpha value is -0.0400. The molecule has 0 amide bonds. The number of rotatable bonds is 13. The lowest BCUT2D eigenvalue weighted by molar-refractivity contribution is -0.929. The second-order valence-electron chi connectivity index (χ2n) is 12.9. The highest BCUT2D eigenvalue weighted by atomic mass is 15.3. The first kappa shape index (κ1) is 27.0. The molecular formula is C26H56N+. The van der Waals surface area contributed by atoms with Gasteiger partial charge >= 0.3 is 0 Å². The van der Waals surface area contributed by atoms with Crippen LogP contribution in [0.15, 0.2) is 0 Å². The molecule has 0 fully saturated rings. The molecule has 0 heterocycles. The summed E-state index contributed by atoms with van der Waals surface area (Å²) in [4.78, 5) is 0. The van der Waals surface area contributed by atoms with E-state index >= 15 is 0 Å². The Labute approximate surface area is 174 Å². The third kappa shape index (κ3) is 16.6. The van der Waals surface area contributed by atoms with Gasteiger partial charge in [0.1, 0.15) is 0 Å². The Kier molecular flexibility index (Phi) is 11.8. The zero-order valence-electron chi connectivity index (χ0n) is 21.1. The van der Waals surface area contributed by atoms with E-state index in [1.165, 1.54) is 88.4 Å². The van der Waals surface area contributed by atoms with Gasteiger partial charge in [-0.3, -0.25) is 0 Å². The zero-order chi connectivity index (χ0) is 21.2. The fourth-order valence-corrected chi connectivity index (χ4v) is 4.20. The van der Waals surface area contributed by atoms with Crippen LogP contribution in [-0.4, -0.2) is 30.7 Å². The van der Waals surface area contributed by atoms with Gasteiger partial charge < -0.3 is 4.48 Å². The van der Waals surface area contributed by atoms with E-state index in [-0.39, 0.29) is 0 Å². The summed E-state index contributed by atoms with van der Waals surface area (Å²) in [6, 6.07) is 0. The predicted octanol–water partition coefficient (Wildman–Crippen LogP) is 8.47. The summed E-state index contributed by atoms with van der Waals surface area (Å²) in [7, 11) is 0. The minimum Gasteiger partial charge on any atom is -0.324 e. The molecular weight excluding hydrogens is 326 g/mol. The SMILES string of the molecule is CCCCC[N+](CCCC(C)(C)C)(CCCC(C)(C)C)CCCC(C)(C)C. The number of quaternary nitrogens is 1. The van der Waals surface area contributed by atoms with Gasteiger partial charge in [0.05, 0.1) is 26.2 Å². The molecule has 27 heavy (non-hydrogen) atoms. The highest BCUT2D eigenvalue weighted by Crippen LogP contribution is 2.28. The molecule has 1 nitrogen and oxygen atoms in total. The third-order valence-corrected chi connectivity index (χ3v) is 5.91. The van der Waals surface area contributed by atoms with E-state index in [0.29, 0.717) is 16.2 Å². The second-order valence-corrected chi connectivity index (χ2v) is 12.9.